The molecule has 2 nitrogen and oxygen atoms in total. The van der Waals surface area contributed by atoms with Gasteiger partial charge in [0.15, 0.2) is 11.6 Å². The zero-order valence-electron chi connectivity index (χ0n) is 11.2. The molecule has 0 aromatic heterocycles. The molecule has 0 atom stereocenters. The molecule has 1 aromatic carbocycles. The van der Waals surface area contributed by atoms with Crippen LogP contribution in [0.1, 0.15) is 31.2 Å². The Balaban J connectivity index is 1.87. The second kappa shape index (κ2) is 6.53. The molecule has 0 unspecified atom stereocenters. The largest absolute Gasteiger partial charge is 0.355 e. The van der Waals surface area contributed by atoms with E-state index in [1.54, 1.807) is 0 Å². The first-order valence-electron chi connectivity index (χ1n) is 6.81. The number of alkyl halides is 1. The molecule has 1 amide bonds. The van der Waals surface area contributed by atoms with Crippen LogP contribution in [-0.4, -0.2) is 18.3 Å². The predicted octanol–water partition coefficient (Wildman–Crippen LogP) is 3.42. The lowest BCUT2D eigenvalue weighted by molar-refractivity contribution is -0.120. The summed E-state index contributed by atoms with van der Waals surface area (Å²) < 4.78 is 25.8. The van der Waals surface area contributed by atoms with Crippen molar-refractivity contribution in [3.8, 4) is 0 Å². The number of carbonyl (C=O) groups is 1. The fourth-order valence-corrected chi connectivity index (χ4v) is 3.03. The zero-order chi connectivity index (χ0) is 14.6. The average Bonchev–Trinajstić information content (AvgIpc) is 2.90. The summed E-state index contributed by atoms with van der Waals surface area (Å²) in [6, 6.07) is 3.52. The second-order valence-corrected chi connectivity index (χ2v) is 5.81. The molecule has 0 aliphatic heterocycles. The van der Waals surface area contributed by atoms with Crippen molar-refractivity contribution in [2.24, 2.45) is 5.41 Å². The van der Waals surface area contributed by atoms with E-state index in [1.165, 1.54) is 6.07 Å². The summed E-state index contributed by atoms with van der Waals surface area (Å²) in [4.78, 5) is 11.9. The minimum absolute atomic E-state index is 0.00522. The van der Waals surface area contributed by atoms with Crippen LogP contribution in [0.4, 0.5) is 8.78 Å². The minimum Gasteiger partial charge on any atom is -0.355 e. The van der Waals surface area contributed by atoms with Gasteiger partial charge in [0.25, 0.3) is 0 Å². The lowest BCUT2D eigenvalue weighted by atomic mass is 9.88. The highest BCUT2D eigenvalue weighted by molar-refractivity contribution is 6.18. The van der Waals surface area contributed by atoms with E-state index < -0.39 is 11.6 Å². The SMILES string of the molecule is O=C(Cc1ccc(F)c(F)c1)NCC1(CCl)CCCC1. The van der Waals surface area contributed by atoms with Gasteiger partial charge in [0.1, 0.15) is 0 Å². The highest BCUT2D eigenvalue weighted by Crippen LogP contribution is 2.38. The average molecular weight is 302 g/mol. The molecule has 1 saturated carbocycles. The number of benzene rings is 1. The number of nitrogens with one attached hydrogen (secondary N) is 1. The van der Waals surface area contributed by atoms with Crippen LogP contribution in [0.15, 0.2) is 18.2 Å². The Morgan fingerprint density at radius 2 is 1.95 bits per heavy atom. The fourth-order valence-electron chi connectivity index (χ4n) is 2.67. The molecule has 1 aliphatic carbocycles. The maximum atomic E-state index is 13.1. The summed E-state index contributed by atoms with van der Waals surface area (Å²) in [6.45, 7) is 0.555. The normalized spacial score (nSPS) is 17.1. The molecule has 5 heteroatoms. The van der Waals surface area contributed by atoms with Crippen molar-refractivity contribution in [2.75, 3.05) is 12.4 Å². The monoisotopic (exact) mass is 301 g/mol. The van der Waals surface area contributed by atoms with E-state index in [1.807, 2.05) is 0 Å². The summed E-state index contributed by atoms with van der Waals surface area (Å²) in [5.41, 5.74) is 0.471. The third-order valence-corrected chi connectivity index (χ3v) is 4.52. The lowest BCUT2D eigenvalue weighted by Gasteiger charge is -2.26. The topological polar surface area (TPSA) is 29.1 Å². The van der Waals surface area contributed by atoms with E-state index in [0.29, 0.717) is 18.0 Å². The van der Waals surface area contributed by atoms with Crippen LogP contribution in [0.2, 0.25) is 0 Å². The van der Waals surface area contributed by atoms with Crippen LogP contribution in [-0.2, 0) is 11.2 Å². The van der Waals surface area contributed by atoms with Crippen molar-refractivity contribution in [1.82, 2.24) is 5.32 Å². The molecule has 0 saturated heterocycles. The van der Waals surface area contributed by atoms with Gasteiger partial charge in [-0.15, -0.1) is 11.6 Å². The maximum absolute atomic E-state index is 13.1. The quantitative estimate of drug-likeness (QED) is 0.830. The Bertz CT molecular complexity index is 487. The molecule has 110 valence electrons. The Morgan fingerprint density at radius 1 is 1.25 bits per heavy atom. The Morgan fingerprint density at radius 3 is 2.55 bits per heavy atom. The Hall–Kier alpha value is -1.16. The smallest absolute Gasteiger partial charge is 0.224 e. The molecule has 20 heavy (non-hydrogen) atoms. The van der Waals surface area contributed by atoms with Gasteiger partial charge in [-0.1, -0.05) is 18.9 Å². The van der Waals surface area contributed by atoms with Crippen LogP contribution >= 0.6 is 11.6 Å². The van der Waals surface area contributed by atoms with Crippen molar-refractivity contribution in [1.29, 1.82) is 0 Å². The first-order chi connectivity index (χ1) is 9.54. The Kier molecular flexibility index (Phi) is 4.97. The van der Waals surface area contributed by atoms with Gasteiger partial charge in [0, 0.05) is 17.8 Å². The number of halogens is 3. The van der Waals surface area contributed by atoms with E-state index in [4.69, 9.17) is 11.6 Å². The van der Waals surface area contributed by atoms with Gasteiger partial charge in [-0.25, -0.2) is 8.78 Å². The summed E-state index contributed by atoms with van der Waals surface area (Å²) in [5.74, 6) is -1.48. The van der Waals surface area contributed by atoms with Crippen molar-refractivity contribution < 1.29 is 13.6 Å². The molecular weight excluding hydrogens is 284 g/mol. The Labute approximate surface area is 122 Å². The van der Waals surface area contributed by atoms with E-state index in [9.17, 15) is 13.6 Å². The van der Waals surface area contributed by atoms with E-state index >= 15 is 0 Å². The molecule has 1 fully saturated rings. The first kappa shape index (κ1) is 15.2. The summed E-state index contributed by atoms with van der Waals surface area (Å²) in [5, 5.41) is 2.86. The van der Waals surface area contributed by atoms with E-state index in [-0.39, 0.29) is 17.7 Å². The van der Waals surface area contributed by atoms with Gasteiger partial charge >= 0.3 is 0 Å². The van der Waals surface area contributed by atoms with Gasteiger partial charge < -0.3 is 5.32 Å². The van der Waals surface area contributed by atoms with Crippen LogP contribution in [0.25, 0.3) is 0 Å². The molecule has 0 spiro atoms. The summed E-state index contributed by atoms with van der Waals surface area (Å²) in [6.07, 6.45) is 4.40. The van der Waals surface area contributed by atoms with Crippen LogP contribution in [0, 0.1) is 17.0 Å². The van der Waals surface area contributed by atoms with Crippen molar-refractivity contribution >= 4 is 17.5 Å². The number of hydrogen-bond acceptors (Lipinski definition) is 1. The molecule has 0 radical (unpaired) electrons. The third-order valence-electron chi connectivity index (χ3n) is 3.96. The van der Waals surface area contributed by atoms with Gasteiger partial charge in [-0.2, -0.15) is 0 Å². The lowest BCUT2D eigenvalue weighted by Crippen LogP contribution is -2.37. The minimum atomic E-state index is -0.927. The van der Waals surface area contributed by atoms with Crippen LogP contribution in [0.5, 0.6) is 0 Å². The molecule has 0 heterocycles. The van der Waals surface area contributed by atoms with Crippen molar-refractivity contribution in [3.63, 3.8) is 0 Å². The van der Waals surface area contributed by atoms with Gasteiger partial charge in [0.05, 0.1) is 6.42 Å². The van der Waals surface area contributed by atoms with Crippen molar-refractivity contribution in [3.05, 3.63) is 35.4 Å². The van der Waals surface area contributed by atoms with E-state index in [0.717, 1.165) is 37.8 Å². The second-order valence-electron chi connectivity index (χ2n) is 5.54. The van der Waals surface area contributed by atoms with Crippen LogP contribution < -0.4 is 5.32 Å². The predicted molar refractivity (Wildman–Crippen MR) is 74.7 cm³/mol. The number of carbonyl (C=O) groups excluding carboxylic acids is 1. The molecule has 1 aliphatic rings. The highest BCUT2D eigenvalue weighted by atomic mass is 35.5. The number of hydrogen-bond donors (Lipinski definition) is 1. The van der Waals surface area contributed by atoms with Gasteiger partial charge in [-0.3, -0.25) is 4.79 Å². The van der Waals surface area contributed by atoms with Crippen LogP contribution in [0.3, 0.4) is 0 Å². The third kappa shape index (κ3) is 3.69. The van der Waals surface area contributed by atoms with E-state index in [2.05, 4.69) is 5.32 Å². The molecule has 1 aromatic rings. The molecular formula is C15H18ClF2NO. The summed E-state index contributed by atoms with van der Waals surface area (Å²) >= 11 is 6.00. The van der Waals surface area contributed by atoms with Crippen molar-refractivity contribution in [2.45, 2.75) is 32.1 Å². The first-order valence-corrected chi connectivity index (χ1v) is 7.35. The maximum Gasteiger partial charge on any atom is 0.224 e. The highest BCUT2D eigenvalue weighted by Gasteiger charge is 2.33. The number of amides is 1. The van der Waals surface area contributed by atoms with Gasteiger partial charge in [0.2, 0.25) is 5.91 Å². The zero-order valence-corrected chi connectivity index (χ0v) is 12.0. The van der Waals surface area contributed by atoms with Gasteiger partial charge in [-0.05, 0) is 30.5 Å². The molecule has 0 bridgehead atoms. The number of rotatable bonds is 5. The molecule has 1 N–H and O–H groups in total. The fraction of sp³-hybridized carbons (Fsp3) is 0.533. The molecule has 2 rings (SSSR count). The standard InChI is InChI=1S/C15H18ClF2NO/c16-9-15(5-1-2-6-15)10-19-14(20)8-11-3-4-12(17)13(18)7-11/h3-4,7H,1-2,5-6,8-10H2,(H,19,20). The summed E-state index contributed by atoms with van der Waals surface area (Å²) in [7, 11) is 0.